The van der Waals surface area contributed by atoms with Gasteiger partial charge in [0, 0.05) is 9.49 Å². The summed E-state index contributed by atoms with van der Waals surface area (Å²) < 4.78 is 0.794. The van der Waals surface area contributed by atoms with E-state index in [1.807, 2.05) is 12.1 Å². The molecule has 2 rings (SSSR count). The van der Waals surface area contributed by atoms with E-state index >= 15 is 0 Å². The summed E-state index contributed by atoms with van der Waals surface area (Å²) in [6, 6.07) is 7.07. The van der Waals surface area contributed by atoms with Gasteiger partial charge in [-0.05, 0) is 47.6 Å². The van der Waals surface area contributed by atoms with Crippen molar-refractivity contribution in [1.29, 1.82) is 0 Å². The van der Waals surface area contributed by atoms with Crippen LogP contribution in [0.25, 0.3) is 0 Å². The summed E-state index contributed by atoms with van der Waals surface area (Å²) in [5.74, 6) is -0.906. The molecule has 0 aromatic heterocycles. The van der Waals surface area contributed by atoms with Gasteiger partial charge in [0.2, 0.25) is 5.91 Å². The van der Waals surface area contributed by atoms with Crippen molar-refractivity contribution in [3.63, 3.8) is 0 Å². The molecule has 0 heterocycles. The third-order valence-electron chi connectivity index (χ3n) is 3.83. The SMILES string of the molecule is O=C(CNC(=O)C1CCCCC1)NNC(=O)c1ccccc1I. The first-order valence-corrected chi connectivity index (χ1v) is 8.77. The highest BCUT2D eigenvalue weighted by molar-refractivity contribution is 14.1. The number of hydrogen-bond donors (Lipinski definition) is 3. The molecule has 1 aliphatic rings. The van der Waals surface area contributed by atoms with Gasteiger partial charge < -0.3 is 5.32 Å². The molecule has 1 aromatic rings. The lowest BCUT2D eigenvalue weighted by atomic mass is 9.89. The number of carbonyl (C=O) groups is 3. The highest BCUT2D eigenvalue weighted by Crippen LogP contribution is 2.23. The van der Waals surface area contributed by atoms with E-state index in [9.17, 15) is 14.4 Å². The van der Waals surface area contributed by atoms with Gasteiger partial charge in [0.05, 0.1) is 12.1 Å². The Hall–Kier alpha value is -1.64. The Kier molecular flexibility index (Phi) is 6.82. The second kappa shape index (κ2) is 8.85. The van der Waals surface area contributed by atoms with Crippen molar-refractivity contribution in [3.8, 4) is 0 Å². The second-order valence-corrected chi connectivity index (χ2v) is 6.70. The molecule has 6 nitrogen and oxygen atoms in total. The van der Waals surface area contributed by atoms with Crippen LogP contribution >= 0.6 is 22.6 Å². The summed E-state index contributed by atoms with van der Waals surface area (Å²) in [6.45, 7) is -0.137. The number of hydrogen-bond acceptors (Lipinski definition) is 3. The van der Waals surface area contributed by atoms with E-state index in [-0.39, 0.29) is 24.3 Å². The fourth-order valence-electron chi connectivity index (χ4n) is 2.56. The number of nitrogens with one attached hydrogen (secondary N) is 3. The first kappa shape index (κ1) is 17.7. The zero-order valence-electron chi connectivity index (χ0n) is 12.7. The van der Waals surface area contributed by atoms with Gasteiger partial charge in [0.15, 0.2) is 0 Å². The van der Waals surface area contributed by atoms with Crippen molar-refractivity contribution < 1.29 is 14.4 Å². The first-order chi connectivity index (χ1) is 11.1. The van der Waals surface area contributed by atoms with Gasteiger partial charge in [-0.15, -0.1) is 0 Å². The van der Waals surface area contributed by atoms with Crippen LogP contribution in [0.2, 0.25) is 0 Å². The molecule has 0 unspecified atom stereocenters. The van der Waals surface area contributed by atoms with Gasteiger partial charge in [0.1, 0.15) is 0 Å². The maximum atomic E-state index is 11.9. The molecule has 3 N–H and O–H groups in total. The average molecular weight is 429 g/mol. The molecule has 0 saturated heterocycles. The predicted octanol–water partition coefficient (Wildman–Crippen LogP) is 1.75. The van der Waals surface area contributed by atoms with E-state index < -0.39 is 5.91 Å². The highest BCUT2D eigenvalue weighted by Gasteiger charge is 2.21. The predicted molar refractivity (Wildman–Crippen MR) is 94.4 cm³/mol. The molecule has 3 amide bonds. The van der Waals surface area contributed by atoms with Gasteiger partial charge in [-0.3, -0.25) is 25.2 Å². The molecule has 7 heteroatoms. The van der Waals surface area contributed by atoms with Crippen LogP contribution in [0, 0.1) is 9.49 Å². The molecular weight excluding hydrogens is 409 g/mol. The molecule has 0 radical (unpaired) electrons. The van der Waals surface area contributed by atoms with Gasteiger partial charge in [-0.1, -0.05) is 31.4 Å². The maximum absolute atomic E-state index is 11.9. The Bertz CT molecular complexity index is 586. The van der Waals surface area contributed by atoms with Crippen LogP contribution in [0.5, 0.6) is 0 Å². The fourth-order valence-corrected chi connectivity index (χ4v) is 3.19. The lowest BCUT2D eigenvalue weighted by Gasteiger charge is -2.20. The maximum Gasteiger partial charge on any atom is 0.270 e. The third-order valence-corrected chi connectivity index (χ3v) is 4.77. The molecule has 0 bridgehead atoms. The van der Waals surface area contributed by atoms with Crippen LogP contribution in [0.3, 0.4) is 0 Å². The summed E-state index contributed by atoms with van der Waals surface area (Å²) in [5, 5.41) is 2.62. The second-order valence-electron chi connectivity index (χ2n) is 5.53. The number of amides is 3. The molecule has 1 aliphatic carbocycles. The fraction of sp³-hybridized carbons (Fsp3) is 0.438. The van der Waals surface area contributed by atoms with Gasteiger partial charge >= 0.3 is 0 Å². The zero-order valence-corrected chi connectivity index (χ0v) is 14.9. The summed E-state index contributed by atoms with van der Waals surface area (Å²) in [7, 11) is 0. The van der Waals surface area contributed by atoms with Gasteiger partial charge in [-0.2, -0.15) is 0 Å². The van der Waals surface area contributed by atoms with Crippen LogP contribution in [0.15, 0.2) is 24.3 Å². The molecule has 1 aromatic carbocycles. The standard InChI is InChI=1S/C16H20IN3O3/c17-13-9-5-4-8-12(13)16(23)20-19-14(21)10-18-15(22)11-6-2-1-3-7-11/h4-5,8-9,11H,1-3,6-7,10H2,(H,18,22)(H,19,21)(H,20,23). The minimum atomic E-state index is -0.451. The van der Waals surface area contributed by atoms with E-state index in [4.69, 9.17) is 0 Å². The number of benzene rings is 1. The molecule has 124 valence electrons. The molecule has 23 heavy (non-hydrogen) atoms. The van der Waals surface area contributed by atoms with Crippen molar-refractivity contribution in [2.45, 2.75) is 32.1 Å². The molecule has 0 aliphatic heterocycles. The lowest BCUT2D eigenvalue weighted by molar-refractivity contribution is -0.129. The van der Waals surface area contributed by atoms with Crippen LogP contribution in [0.4, 0.5) is 0 Å². The third kappa shape index (κ3) is 5.49. The largest absolute Gasteiger partial charge is 0.347 e. The monoisotopic (exact) mass is 429 g/mol. The Morgan fingerprint density at radius 1 is 1.04 bits per heavy atom. The van der Waals surface area contributed by atoms with Crippen LogP contribution in [-0.4, -0.2) is 24.3 Å². The Labute approximate surface area is 148 Å². The first-order valence-electron chi connectivity index (χ1n) is 7.69. The number of carbonyl (C=O) groups excluding carboxylic acids is 3. The zero-order chi connectivity index (χ0) is 16.7. The van der Waals surface area contributed by atoms with Crippen molar-refractivity contribution in [2.75, 3.05) is 6.54 Å². The van der Waals surface area contributed by atoms with Crippen molar-refractivity contribution >= 4 is 40.3 Å². The minimum Gasteiger partial charge on any atom is -0.347 e. The number of hydrazine groups is 1. The Balaban J connectivity index is 1.71. The van der Waals surface area contributed by atoms with Crippen LogP contribution in [-0.2, 0) is 9.59 Å². The normalized spacial score (nSPS) is 14.8. The summed E-state index contributed by atoms with van der Waals surface area (Å²) in [4.78, 5) is 35.6. The molecule has 1 saturated carbocycles. The molecule has 0 atom stereocenters. The van der Waals surface area contributed by atoms with E-state index in [2.05, 4.69) is 38.8 Å². The molecule has 1 fully saturated rings. The Morgan fingerprint density at radius 2 is 1.74 bits per heavy atom. The van der Waals surface area contributed by atoms with Crippen molar-refractivity contribution in [1.82, 2.24) is 16.2 Å². The van der Waals surface area contributed by atoms with E-state index in [1.165, 1.54) is 6.42 Å². The van der Waals surface area contributed by atoms with Crippen molar-refractivity contribution in [3.05, 3.63) is 33.4 Å². The van der Waals surface area contributed by atoms with Crippen LogP contribution in [0.1, 0.15) is 42.5 Å². The summed E-state index contributed by atoms with van der Waals surface area (Å²) >= 11 is 2.05. The van der Waals surface area contributed by atoms with Crippen LogP contribution < -0.4 is 16.2 Å². The molecular formula is C16H20IN3O3. The Morgan fingerprint density at radius 3 is 2.43 bits per heavy atom. The molecule has 0 spiro atoms. The van der Waals surface area contributed by atoms with Crippen molar-refractivity contribution in [2.24, 2.45) is 5.92 Å². The lowest BCUT2D eigenvalue weighted by Crippen LogP contribution is -2.47. The number of rotatable bonds is 4. The summed E-state index contributed by atoms with van der Waals surface area (Å²) in [6.07, 6.45) is 5.08. The minimum absolute atomic E-state index is 0.0111. The number of halogens is 1. The average Bonchev–Trinajstić information content (AvgIpc) is 2.58. The summed E-state index contributed by atoms with van der Waals surface area (Å²) in [5.41, 5.74) is 5.14. The quantitative estimate of drug-likeness (QED) is 0.504. The smallest absolute Gasteiger partial charge is 0.270 e. The topological polar surface area (TPSA) is 87.3 Å². The van der Waals surface area contributed by atoms with Gasteiger partial charge in [-0.25, -0.2) is 0 Å². The van der Waals surface area contributed by atoms with E-state index in [0.717, 1.165) is 29.3 Å². The van der Waals surface area contributed by atoms with E-state index in [1.54, 1.807) is 12.1 Å². The highest BCUT2D eigenvalue weighted by atomic mass is 127. The van der Waals surface area contributed by atoms with E-state index in [0.29, 0.717) is 5.56 Å². The van der Waals surface area contributed by atoms with Gasteiger partial charge in [0.25, 0.3) is 11.8 Å².